The minimum atomic E-state index is -3.56. The molecule has 5 nitrogen and oxygen atoms in total. The van der Waals surface area contributed by atoms with E-state index in [1.165, 1.54) is 4.31 Å². The van der Waals surface area contributed by atoms with Gasteiger partial charge in [0.05, 0.1) is 16.6 Å². The lowest BCUT2D eigenvalue weighted by molar-refractivity contribution is -0.118. The van der Waals surface area contributed by atoms with E-state index in [-0.39, 0.29) is 6.04 Å². The van der Waals surface area contributed by atoms with E-state index in [1.54, 1.807) is 24.3 Å². The molecule has 0 N–H and O–H groups in total. The highest BCUT2D eigenvalue weighted by atomic mass is 32.2. The van der Waals surface area contributed by atoms with Crippen molar-refractivity contribution in [3.8, 4) is 0 Å². The van der Waals surface area contributed by atoms with Crippen LogP contribution in [0.5, 0.6) is 0 Å². The number of hydrogen-bond donors (Lipinski definition) is 0. The molecule has 1 saturated heterocycles. The molecule has 6 heteroatoms. The molecule has 2 aliphatic rings. The summed E-state index contributed by atoms with van der Waals surface area (Å²) in [7, 11) is -3.56. The average Bonchev–Trinajstić information content (AvgIpc) is 3.16. The van der Waals surface area contributed by atoms with Gasteiger partial charge in [-0.3, -0.25) is 9.10 Å². The summed E-state index contributed by atoms with van der Waals surface area (Å²) in [4.78, 5) is 13.4. The minimum absolute atomic E-state index is 0.110. The first-order valence-electron chi connectivity index (χ1n) is 9.03. The summed E-state index contributed by atoms with van der Waals surface area (Å²) in [5.41, 5.74) is 2.91. The first-order chi connectivity index (χ1) is 12.6. The molecule has 0 aliphatic carbocycles. The van der Waals surface area contributed by atoms with Crippen LogP contribution in [0.4, 0.5) is 5.69 Å². The van der Waals surface area contributed by atoms with Crippen molar-refractivity contribution in [1.29, 1.82) is 0 Å². The van der Waals surface area contributed by atoms with Gasteiger partial charge in [-0.2, -0.15) is 0 Å². The fraction of sp³-hybridized carbons (Fsp3) is 0.350. The highest BCUT2D eigenvalue weighted by molar-refractivity contribution is 7.92. The summed E-state index contributed by atoms with van der Waals surface area (Å²) in [6.07, 6.45) is 4.55. The molecule has 2 heterocycles. The molecule has 0 spiro atoms. The third kappa shape index (κ3) is 2.88. The number of amides is 1. The molecule has 0 bridgehead atoms. The van der Waals surface area contributed by atoms with Gasteiger partial charge in [-0.1, -0.05) is 30.3 Å². The Morgan fingerprint density at radius 2 is 1.81 bits per heavy atom. The predicted octanol–water partition coefficient (Wildman–Crippen LogP) is 3.12. The number of benzene rings is 2. The SMILES string of the molecule is O=CN1CCCC1c1ccc2c(c1)CCCN2S(=O)(=O)c1ccccc1. The lowest BCUT2D eigenvalue weighted by Gasteiger charge is -2.31. The molecule has 136 valence electrons. The maximum Gasteiger partial charge on any atom is 0.264 e. The highest BCUT2D eigenvalue weighted by Gasteiger charge is 2.31. The van der Waals surface area contributed by atoms with Crippen molar-refractivity contribution in [3.05, 3.63) is 59.7 Å². The Labute approximate surface area is 154 Å². The quantitative estimate of drug-likeness (QED) is 0.777. The van der Waals surface area contributed by atoms with E-state index in [4.69, 9.17) is 0 Å². The van der Waals surface area contributed by atoms with Gasteiger partial charge < -0.3 is 4.90 Å². The lowest BCUT2D eigenvalue weighted by atomic mass is 9.96. The average molecular weight is 370 g/mol. The van der Waals surface area contributed by atoms with E-state index in [0.29, 0.717) is 11.4 Å². The number of nitrogens with zero attached hydrogens (tertiary/aromatic N) is 2. The number of anilines is 1. The van der Waals surface area contributed by atoms with Crippen molar-refractivity contribution in [2.24, 2.45) is 0 Å². The second kappa shape index (κ2) is 6.76. The third-order valence-corrected chi connectivity index (χ3v) is 7.15. The van der Waals surface area contributed by atoms with Crippen molar-refractivity contribution >= 4 is 22.1 Å². The van der Waals surface area contributed by atoms with Crippen molar-refractivity contribution in [2.75, 3.05) is 17.4 Å². The first kappa shape index (κ1) is 17.1. The number of fused-ring (bicyclic) bond motifs is 1. The molecular formula is C20H22N2O3S. The normalized spacial score (nSPS) is 20.1. The van der Waals surface area contributed by atoms with Crippen LogP contribution in [0, 0.1) is 0 Å². The van der Waals surface area contributed by atoms with E-state index in [9.17, 15) is 13.2 Å². The maximum atomic E-state index is 13.1. The zero-order chi connectivity index (χ0) is 18.1. The molecule has 0 saturated carbocycles. The summed E-state index contributed by atoms with van der Waals surface area (Å²) in [5.74, 6) is 0. The Balaban J connectivity index is 1.70. The van der Waals surface area contributed by atoms with E-state index >= 15 is 0 Å². The standard InChI is InChI=1S/C20H22N2O3S/c23-15-21-12-5-9-19(21)17-10-11-20-16(14-17)6-4-13-22(20)26(24,25)18-7-2-1-3-8-18/h1-3,7-8,10-11,14-15,19H,4-6,9,12-13H2. The van der Waals surface area contributed by atoms with Crippen LogP contribution in [0.25, 0.3) is 0 Å². The van der Waals surface area contributed by atoms with Crippen LogP contribution in [0.3, 0.4) is 0 Å². The van der Waals surface area contributed by atoms with Crippen LogP contribution in [0.2, 0.25) is 0 Å². The van der Waals surface area contributed by atoms with Gasteiger partial charge in [0.1, 0.15) is 0 Å². The van der Waals surface area contributed by atoms with E-state index < -0.39 is 10.0 Å². The smallest absolute Gasteiger partial charge is 0.264 e. The zero-order valence-corrected chi connectivity index (χ0v) is 15.4. The van der Waals surface area contributed by atoms with Crippen LogP contribution in [-0.4, -0.2) is 32.8 Å². The molecule has 2 aromatic carbocycles. The van der Waals surface area contributed by atoms with Crippen LogP contribution in [0.15, 0.2) is 53.4 Å². The second-order valence-electron chi connectivity index (χ2n) is 6.88. The maximum absolute atomic E-state index is 13.1. The Kier molecular flexibility index (Phi) is 4.44. The zero-order valence-electron chi connectivity index (χ0n) is 14.5. The molecule has 1 fully saturated rings. The number of rotatable bonds is 4. The Morgan fingerprint density at radius 1 is 1.00 bits per heavy atom. The van der Waals surface area contributed by atoms with Gasteiger partial charge in [0, 0.05) is 13.1 Å². The Hall–Kier alpha value is -2.34. The second-order valence-corrected chi connectivity index (χ2v) is 8.75. The summed E-state index contributed by atoms with van der Waals surface area (Å²) < 4.78 is 27.6. The predicted molar refractivity (Wildman–Crippen MR) is 100 cm³/mol. The number of carbonyl (C=O) groups excluding carboxylic acids is 1. The molecule has 2 aromatic rings. The highest BCUT2D eigenvalue weighted by Crippen LogP contribution is 2.37. The number of hydrogen-bond acceptors (Lipinski definition) is 3. The van der Waals surface area contributed by atoms with Crippen molar-refractivity contribution < 1.29 is 13.2 Å². The van der Waals surface area contributed by atoms with Gasteiger partial charge in [0.15, 0.2) is 0 Å². The molecule has 1 amide bonds. The van der Waals surface area contributed by atoms with E-state index in [2.05, 4.69) is 6.07 Å². The van der Waals surface area contributed by atoms with Gasteiger partial charge in [-0.15, -0.1) is 0 Å². The molecular weight excluding hydrogens is 348 g/mol. The number of carbonyl (C=O) groups is 1. The summed E-state index contributed by atoms with van der Waals surface area (Å²) in [5, 5.41) is 0. The lowest BCUT2D eigenvalue weighted by Crippen LogP contribution is -2.35. The van der Waals surface area contributed by atoms with Crippen molar-refractivity contribution in [3.63, 3.8) is 0 Å². The third-order valence-electron chi connectivity index (χ3n) is 5.33. The summed E-state index contributed by atoms with van der Waals surface area (Å²) >= 11 is 0. The van der Waals surface area contributed by atoms with Crippen molar-refractivity contribution in [2.45, 2.75) is 36.6 Å². The van der Waals surface area contributed by atoms with E-state index in [1.807, 2.05) is 23.1 Å². The Morgan fingerprint density at radius 3 is 2.58 bits per heavy atom. The van der Waals surface area contributed by atoms with Gasteiger partial charge in [-0.25, -0.2) is 8.42 Å². The number of aryl methyl sites for hydroxylation is 1. The van der Waals surface area contributed by atoms with Crippen molar-refractivity contribution in [1.82, 2.24) is 4.90 Å². The van der Waals surface area contributed by atoms with Gasteiger partial charge >= 0.3 is 0 Å². The number of likely N-dealkylation sites (tertiary alicyclic amines) is 1. The Bertz CT molecular complexity index is 912. The topological polar surface area (TPSA) is 57.7 Å². The molecule has 1 atom stereocenters. The first-order valence-corrected chi connectivity index (χ1v) is 10.5. The minimum Gasteiger partial charge on any atom is -0.338 e. The summed E-state index contributed by atoms with van der Waals surface area (Å²) in [6.45, 7) is 1.28. The van der Waals surface area contributed by atoms with Crippen LogP contribution in [-0.2, 0) is 21.2 Å². The van der Waals surface area contributed by atoms with E-state index in [0.717, 1.165) is 55.5 Å². The summed E-state index contributed by atoms with van der Waals surface area (Å²) in [6, 6.07) is 14.7. The molecule has 0 radical (unpaired) electrons. The molecule has 1 unspecified atom stereocenters. The van der Waals surface area contributed by atoms with Crippen LogP contribution in [0.1, 0.15) is 36.4 Å². The van der Waals surface area contributed by atoms with Gasteiger partial charge in [-0.05, 0) is 55.0 Å². The monoisotopic (exact) mass is 370 g/mol. The van der Waals surface area contributed by atoms with Gasteiger partial charge in [0.2, 0.25) is 6.41 Å². The van der Waals surface area contributed by atoms with Gasteiger partial charge in [0.25, 0.3) is 10.0 Å². The van der Waals surface area contributed by atoms with Crippen LogP contribution >= 0.6 is 0 Å². The fourth-order valence-electron chi connectivity index (χ4n) is 4.03. The largest absolute Gasteiger partial charge is 0.338 e. The number of sulfonamides is 1. The molecule has 0 aromatic heterocycles. The van der Waals surface area contributed by atoms with Crippen LogP contribution < -0.4 is 4.31 Å². The molecule has 4 rings (SSSR count). The molecule has 2 aliphatic heterocycles. The fourth-order valence-corrected chi connectivity index (χ4v) is 5.59. The molecule has 26 heavy (non-hydrogen) atoms.